The van der Waals surface area contributed by atoms with E-state index in [9.17, 15) is 4.79 Å². The van der Waals surface area contributed by atoms with E-state index in [1.54, 1.807) is 17.5 Å². The fourth-order valence-corrected chi connectivity index (χ4v) is 3.04. The molecule has 0 atom stereocenters. The monoisotopic (exact) mass is 322 g/mol. The van der Waals surface area contributed by atoms with Gasteiger partial charge in [0.1, 0.15) is 0 Å². The van der Waals surface area contributed by atoms with Gasteiger partial charge in [-0.1, -0.05) is 12.1 Å². The van der Waals surface area contributed by atoms with Crippen LogP contribution in [0.4, 0.5) is 0 Å². The predicted molar refractivity (Wildman–Crippen MR) is 94.6 cm³/mol. The van der Waals surface area contributed by atoms with E-state index in [0.29, 0.717) is 12.1 Å². The smallest absolute Gasteiger partial charge is 0.251 e. The van der Waals surface area contributed by atoms with Gasteiger partial charge in [0.2, 0.25) is 0 Å². The molecule has 1 aromatic carbocycles. The summed E-state index contributed by atoms with van der Waals surface area (Å²) in [6.07, 6.45) is 3.64. The molecule has 1 N–H and O–H groups in total. The van der Waals surface area contributed by atoms with Gasteiger partial charge in [-0.2, -0.15) is 0 Å². The van der Waals surface area contributed by atoms with Crippen molar-refractivity contribution in [1.82, 2.24) is 10.3 Å². The van der Waals surface area contributed by atoms with Crippen LogP contribution < -0.4 is 5.32 Å². The topological polar surface area (TPSA) is 42.0 Å². The molecule has 23 heavy (non-hydrogen) atoms. The number of nitrogens with zero attached hydrogens (tertiary/aromatic N) is 1. The Bertz CT molecular complexity index is 825. The number of pyridine rings is 1. The molecule has 0 radical (unpaired) electrons. The summed E-state index contributed by atoms with van der Waals surface area (Å²) < 4.78 is 0. The summed E-state index contributed by atoms with van der Waals surface area (Å²) in [5.74, 6) is -0.0605. The molecule has 1 amide bonds. The van der Waals surface area contributed by atoms with Gasteiger partial charge >= 0.3 is 0 Å². The van der Waals surface area contributed by atoms with Gasteiger partial charge in [0, 0.05) is 34.9 Å². The molecule has 0 aliphatic heterocycles. The van der Waals surface area contributed by atoms with Crippen LogP contribution >= 0.6 is 11.3 Å². The molecule has 116 valence electrons. The van der Waals surface area contributed by atoms with Gasteiger partial charge in [-0.3, -0.25) is 9.78 Å². The lowest BCUT2D eigenvalue weighted by atomic mass is 10.1. The Morgan fingerprint density at radius 3 is 2.74 bits per heavy atom. The van der Waals surface area contributed by atoms with E-state index in [1.807, 2.05) is 49.7 Å². The van der Waals surface area contributed by atoms with Crippen molar-refractivity contribution in [3.63, 3.8) is 0 Å². The van der Waals surface area contributed by atoms with Crippen molar-refractivity contribution in [3.05, 3.63) is 76.4 Å². The summed E-state index contributed by atoms with van der Waals surface area (Å²) in [5, 5.41) is 5.00. The Morgan fingerprint density at radius 1 is 1.13 bits per heavy atom. The number of nitrogens with one attached hydrogen (secondary N) is 1. The molecule has 0 fully saturated rings. The molecule has 3 nitrogen and oxygen atoms in total. The molecular formula is C19H18N2OS. The Morgan fingerprint density at radius 2 is 2.00 bits per heavy atom. The molecule has 0 aliphatic carbocycles. The van der Waals surface area contributed by atoms with Gasteiger partial charge in [-0.15, -0.1) is 11.3 Å². The number of rotatable bonds is 4. The second kappa shape index (κ2) is 6.75. The zero-order valence-corrected chi connectivity index (χ0v) is 14.0. The number of thiophene rings is 1. The highest BCUT2D eigenvalue weighted by atomic mass is 32.1. The number of amides is 1. The van der Waals surface area contributed by atoms with E-state index in [4.69, 9.17) is 0 Å². The number of hydrogen-bond donors (Lipinski definition) is 1. The fraction of sp³-hybridized carbons (Fsp3) is 0.158. The Kier molecular flexibility index (Phi) is 4.53. The summed E-state index contributed by atoms with van der Waals surface area (Å²) in [7, 11) is 0. The van der Waals surface area contributed by atoms with Crippen molar-refractivity contribution in [3.8, 4) is 10.4 Å². The standard InChI is InChI=1S/C19H18N2OS/c1-13-5-6-16(8-14(13)2)19(22)21-11-15-9-17(12-20-10-15)18-4-3-7-23-18/h3-10,12H,11H2,1-2H3,(H,21,22). The van der Waals surface area contributed by atoms with E-state index in [-0.39, 0.29) is 5.91 Å². The normalized spacial score (nSPS) is 10.5. The number of aryl methyl sites for hydroxylation is 2. The maximum absolute atomic E-state index is 12.3. The summed E-state index contributed by atoms with van der Waals surface area (Å²) in [6, 6.07) is 11.9. The van der Waals surface area contributed by atoms with Crippen LogP contribution in [0, 0.1) is 13.8 Å². The fourth-order valence-electron chi connectivity index (χ4n) is 2.33. The summed E-state index contributed by atoms with van der Waals surface area (Å²) in [6.45, 7) is 4.53. The van der Waals surface area contributed by atoms with Crippen LogP contribution in [0.25, 0.3) is 10.4 Å². The van der Waals surface area contributed by atoms with E-state index in [2.05, 4.69) is 22.4 Å². The zero-order valence-electron chi connectivity index (χ0n) is 13.2. The molecule has 0 aliphatic rings. The van der Waals surface area contributed by atoms with Gasteiger partial charge in [0.15, 0.2) is 0 Å². The van der Waals surface area contributed by atoms with E-state index in [1.165, 1.54) is 10.4 Å². The SMILES string of the molecule is Cc1ccc(C(=O)NCc2cncc(-c3cccs3)c2)cc1C. The number of carbonyl (C=O) groups excluding carboxylic acids is 1. The highest BCUT2D eigenvalue weighted by Gasteiger charge is 2.07. The highest BCUT2D eigenvalue weighted by molar-refractivity contribution is 7.13. The summed E-state index contributed by atoms with van der Waals surface area (Å²) in [5.41, 5.74) is 5.08. The molecule has 0 unspecified atom stereocenters. The minimum Gasteiger partial charge on any atom is -0.348 e. The second-order valence-corrected chi connectivity index (χ2v) is 6.49. The first kappa shape index (κ1) is 15.4. The third-order valence-corrected chi connectivity index (χ3v) is 4.74. The molecule has 0 saturated heterocycles. The quantitative estimate of drug-likeness (QED) is 0.775. The van der Waals surface area contributed by atoms with Crippen LogP contribution in [0.3, 0.4) is 0 Å². The van der Waals surface area contributed by atoms with Crippen molar-refractivity contribution in [2.24, 2.45) is 0 Å². The predicted octanol–water partition coefficient (Wildman–Crippen LogP) is 4.36. The van der Waals surface area contributed by atoms with Crippen molar-refractivity contribution >= 4 is 17.2 Å². The maximum Gasteiger partial charge on any atom is 0.251 e. The Balaban J connectivity index is 1.69. The molecule has 0 bridgehead atoms. The Hall–Kier alpha value is -2.46. The second-order valence-electron chi connectivity index (χ2n) is 5.54. The lowest BCUT2D eigenvalue weighted by Gasteiger charge is -2.08. The minimum absolute atomic E-state index is 0.0605. The first-order chi connectivity index (χ1) is 11.1. The molecule has 2 heterocycles. The summed E-state index contributed by atoms with van der Waals surface area (Å²) in [4.78, 5) is 17.7. The van der Waals surface area contributed by atoms with E-state index in [0.717, 1.165) is 16.7 Å². The maximum atomic E-state index is 12.3. The van der Waals surface area contributed by atoms with Crippen LogP contribution in [-0.4, -0.2) is 10.9 Å². The zero-order chi connectivity index (χ0) is 16.2. The minimum atomic E-state index is -0.0605. The van der Waals surface area contributed by atoms with Gasteiger partial charge in [0.05, 0.1) is 0 Å². The molecule has 0 spiro atoms. The highest BCUT2D eigenvalue weighted by Crippen LogP contribution is 2.24. The van der Waals surface area contributed by atoms with Gasteiger partial charge < -0.3 is 5.32 Å². The number of hydrogen-bond acceptors (Lipinski definition) is 3. The molecule has 4 heteroatoms. The third-order valence-electron chi connectivity index (χ3n) is 3.82. The summed E-state index contributed by atoms with van der Waals surface area (Å²) >= 11 is 1.68. The number of benzene rings is 1. The Labute approximate surface area is 140 Å². The van der Waals surface area contributed by atoms with Crippen LogP contribution in [0.2, 0.25) is 0 Å². The van der Waals surface area contributed by atoms with Gasteiger partial charge in [0.25, 0.3) is 5.91 Å². The van der Waals surface area contributed by atoms with Crippen LogP contribution in [0.1, 0.15) is 27.0 Å². The molecular weight excluding hydrogens is 304 g/mol. The van der Waals surface area contributed by atoms with Crippen molar-refractivity contribution in [2.75, 3.05) is 0 Å². The van der Waals surface area contributed by atoms with E-state index < -0.39 is 0 Å². The molecule has 2 aromatic heterocycles. The number of aromatic nitrogens is 1. The van der Waals surface area contributed by atoms with E-state index >= 15 is 0 Å². The molecule has 0 saturated carbocycles. The van der Waals surface area contributed by atoms with Crippen LogP contribution in [0.15, 0.2) is 54.2 Å². The average Bonchev–Trinajstić information content (AvgIpc) is 3.10. The van der Waals surface area contributed by atoms with Crippen molar-refractivity contribution in [1.29, 1.82) is 0 Å². The first-order valence-corrected chi connectivity index (χ1v) is 8.35. The van der Waals surface area contributed by atoms with Crippen LogP contribution in [-0.2, 0) is 6.54 Å². The number of carbonyl (C=O) groups is 1. The van der Waals surface area contributed by atoms with Crippen LogP contribution in [0.5, 0.6) is 0 Å². The van der Waals surface area contributed by atoms with Crippen molar-refractivity contribution in [2.45, 2.75) is 20.4 Å². The molecule has 3 rings (SSSR count). The first-order valence-electron chi connectivity index (χ1n) is 7.47. The largest absolute Gasteiger partial charge is 0.348 e. The third kappa shape index (κ3) is 3.66. The van der Waals surface area contributed by atoms with Crippen molar-refractivity contribution < 1.29 is 4.79 Å². The van der Waals surface area contributed by atoms with Gasteiger partial charge in [-0.25, -0.2) is 0 Å². The lowest BCUT2D eigenvalue weighted by Crippen LogP contribution is -2.23. The average molecular weight is 322 g/mol. The van der Waals surface area contributed by atoms with Gasteiger partial charge in [-0.05, 0) is 60.2 Å². The molecule has 3 aromatic rings. The lowest BCUT2D eigenvalue weighted by molar-refractivity contribution is 0.0951.